The maximum absolute atomic E-state index is 11.2. The fourth-order valence-electron chi connectivity index (χ4n) is 3.12. The van der Waals surface area contributed by atoms with Gasteiger partial charge in [0.15, 0.2) is 6.29 Å². The second-order valence-electron chi connectivity index (χ2n) is 6.58. The highest BCUT2D eigenvalue weighted by Gasteiger charge is 2.50. The molecular formula is C15H26O11. The van der Waals surface area contributed by atoms with Gasteiger partial charge < -0.3 is 50.0 Å². The third-order valence-corrected chi connectivity index (χ3v) is 4.59. The number of ether oxygens (including phenoxy) is 3. The number of hydrogen-bond donors (Lipinski definition) is 7. The Morgan fingerprint density at radius 1 is 0.808 bits per heavy atom. The van der Waals surface area contributed by atoms with Crippen molar-refractivity contribution in [2.75, 3.05) is 13.2 Å². The fourth-order valence-corrected chi connectivity index (χ4v) is 3.12. The first-order valence-electron chi connectivity index (χ1n) is 8.29. The number of carbonyl (C=O) groups excluding carboxylic acids is 1. The molecule has 2 fully saturated rings. The number of carbonyl (C=O) groups is 1. The van der Waals surface area contributed by atoms with Crippen LogP contribution in [0.2, 0.25) is 0 Å². The van der Waals surface area contributed by atoms with Crippen LogP contribution in [-0.2, 0) is 19.0 Å². The SMILES string of the molecule is CC(=O)C[C@@H]1O[C@H](CO)C(OC2O[C@H](CO)[C@H](O)[C@H](O)[C@H]2O)[C@H](O)[C@H]1O. The predicted molar refractivity (Wildman–Crippen MR) is 81.7 cm³/mol. The van der Waals surface area contributed by atoms with Gasteiger partial charge in [0.2, 0.25) is 0 Å². The molecule has 2 rings (SSSR count). The van der Waals surface area contributed by atoms with Crippen LogP contribution in [0.5, 0.6) is 0 Å². The Balaban J connectivity index is 2.12. The molecule has 10 atom stereocenters. The zero-order chi connectivity index (χ0) is 19.6. The smallest absolute Gasteiger partial charge is 0.187 e. The van der Waals surface area contributed by atoms with Gasteiger partial charge in [-0.05, 0) is 6.92 Å². The van der Waals surface area contributed by atoms with E-state index < -0.39 is 74.4 Å². The van der Waals surface area contributed by atoms with Crippen molar-refractivity contribution < 1.29 is 54.8 Å². The van der Waals surface area contributed by atoms with Gasteiger partial charge in [0.1, 0.15) is 54.6 Å². The van der Waals surface area contributed by atoms with Gasteiger partial charge in [0.05, 0.1) is 19.3 Å². The molecule has 0 aromatic heterocycles. The van der Waals surface area contributed by atoms with Crippen molar-refractivity contribution in [3.8, 4) is 0 Å². The van der Waals surface area contributed by atoms with Crippen molar-refractivity contribution in [2.45, 2.75) is 74.6 Å². The van der Waals surface area contributed by atoms with E-state index in [4.69, 9.17) is 14.2 Å². The summed E-state index contributed by atoms with van der Waals surface area (Å²) in [7, 11) is 0. The Morgan fingerprint density at radius 3 is 1.92 bits per heavy atom. The lowest BCUT2D eigenvalue weighted by Crippen LogP contribution is -2.64. The molecule has 7 N–H and O–H groups in total. The fraction of sp³-hybridized carbons (Fsp3) is 0.933. The molecule has 0 aromatic carbocycles. The first kappa shape index (κ1) is 21.6. The van der Waals surface area contributed by atoms with Crippen LogP contribution in [0.15, 0.2) is 0 Å². The Labute approximate surface area is 149 Å². The maximum atomic E-state index is 11.2. The van der Waals surface area contributed by atoms with Gasteiger partial charge in [-0.2, -0.15) is 0 Å². The lowest BCUT2D eigenvalue weighted by molar-refractivity contribution is -0.341. The molecule has 26 heavy (non-hydrogen) atoms. The molecule has 0 spiro atoms. The molecule has 2 aliphatic heterocycles. The number of aliphatic hydroxyl groups is 7. The van der Waals surface area contributed by atoms with E-state index >= 15 is 0 Å². The van der Waals surface area contributed by atoms with Crippen LogP contribution < -0.4 is 0 Å². The molecule has 11 nitrogen and oxygen atoms in total. The van der Waals surface area contributed by atoms with Gasteiger partial charge in [0.25, 0.3) is 0 Å². The second kappa shape index (κ2) is 8.97. The molecule has 0 amide bonds. The van der Waals surface area contributed by atoms with Gasteiger partial charge in [-0.3, -0.25) is 4.79 Å². The van der Waals surface area contributed by atoms with Crippen molar-refractivity contribution >= 4 is 5.78 Å². The van der Waals surface area contributed by atoms with E-state index in [2.05, 4.69) is 0 Å². The van der Waals surface area contributed by atoms with Crippen molar-refractivity contribution in [1.29, 1.82) is 0 Å². The van der Waals surface area contributed by atoms with E-state index in [9.17, 15) is 40.5 Å². The Kier molecular flexibility index (Phi) is 7.44. The molecule has 0 radical (unpaired) electrons. The highest BCUT2D eigenvalue weighted by atomic mass is 16.7. The van der Waals surface area contributed by atoms with Crippen molar-refractivity contribution in [1.82, 2.24) is 0 Å². The number of aliphatic hydroxyl groups excluding tert-OH is 7. The maximum Gasteiger partial charge on any atom is 0.187 e. The third kappa shape index (κ3) is 4.39. The summed E-state index contributed by atoms with van der Waals surface area (Å²) < 4.78 is 16.0. The standard InChI is InChI=1S/C15H26O11/c1-5(18)2-6-9(19)12(22)14(8(4-17)24-6)26-15-13(23)11(21)10(20)7(3-16)25-15/h6-17,19-23H,2-4H2,1H3/t6-,7+,8+,9-,10-,11-,12+,13+,14?,15?/m0/s1. The minimum absolute atomic E-state index is 0.179. The van der Waals surface area contributed by atoms with Crippen LogP contribution in [0.1, 0.15) is 13.3 Å². The van der Waals surface area contributed by atoms with Gasteiger partial charge in [-0.1, -0.05) is 0 Å². The molecule has 2 heterocycles. The average Bonchev–Trinajstić information content (AvgIpc) is 2.60. The minimum atomic E-state index is -1.72. The summed E-state index contributed by atoms with van der Waals surface area (Å²) in [5, 5.41) is 68.6. The summed E-state index contributed by atoms with van der Waals surface area (Å²) in [6, 6.07) is 0. The Hall–Kier alpha value is -0.730. The lowest BCUT2D eigenvalue weighted by Gasteiger charge is -2.46. The minimum Gasteiger partial charge on any atom is -0.394 e. The molecule has 0 bridgehead atoms. The van der Waals surface area contributed by atoms with Crippen LogP contribution in [0.4, 0.5) is 0 Å². The molecule has 2 saturated heterocycles. The van der Waals surface area contributed by atoms with Gasteiger partial charge in [0, 0.05) is 6.42 Å². The normalized spacial score (nSPS) is 46.9. The molecule has 0 aromatic rings. The van der Waals surface area contributed by atoms with E-state index in [0.29, 0.717) is 0 Å². The molecule has 0 saturated carbocycles. The summed E-state index contributed by atoms with van der Waals surface area (Å²) in [5.74, 6) is -0.286. The van der Waals surface area contributed by atoms with Crippen LogP contribution in [0.3, 0.4) is 0 Å². The summed E-state index contributed by atoms with van der Waals surface area (Å²) in [6.45, 7) is -0.00546. The van der Waals surface area contributed by atoms with Crippen molar-refractivity contribution in [3.63, 3.8) is 0 Å². The highest BCUT2D eigenvalue weighted by Crippen LogP contribution is 2.30. The molecule has 0 aliphatic carbocycles. The van der Waals surface area contributed by atoms with Crippen molar-refractivity contribution in [2.24, 2.45) is 0 Å². The van der Waals surface area contributed by atoms with E-state index in [-0.39, 0.29) is 12.2 Å². The van der Waals surface area contributed by atoms with E-state index in [1.165, 1.54) is 6.92 Å². The third-order valence-electron chi connectivity index (χ3n) is 4.59. The molecule has 152 valence electrons. The molecule has 2 aliphatic rings. The van der Waals surface area contributed by atoms with Crippen molar-refractivity contribution in [3.05, 3.63) is 0 Å². The topological polar surface area (TPSA) is 186 Å². The zero-order valence-electron chi connectivity index (χ0n) is 14.2. The average molecular weight is 382 g/mol. The Morgan fingerprint density at radius 2 is 1.38 bits per heavy atom. The largest absolute Gasteiger partial charge is 0.394 e. The zero-order valence-corrected chi connectivity index (χ0v) is 14.2. The second-order valence-corrected chi connectivity index (χ2v) is 6.58. The number of rotatable bonds is 6. The Bertz CT molecular complexity index is 471. The number of hydrogen-bond acceptors (Lipinski definition) is 11. The van der Waals surface area contributed by atoms with Gasteiger partial charge in [-0.25, -0.2) is 0 Å². The van der Waals surface area contributed by atoms with Crippen LogP contribution >= 0.6 is 0 Å². The number of ketones is 1. The van der Waals surface area contributed by atoms with Crippen LogP contribution in [0.25, 0.3) is 0 Å². The molecule has 11 heteroatoms. The number of Topliss-reactive ketones (excluding diaryl/α,β-unsaturated/α-hetero) is 1. The van der Waals surface area contributed by atoms with E-state index in [1.807, 2.05) is 0 Å². The van der Waals surface area contributed by atoms with Crippen LogP contribution in [-0.4, -0.2) is 116 Å². The first-order valence-corrected chi connectivity index (χ1v) is 8.29. The van der Waals surface area contributed by atoms with E-state index in [0.717, 1.165) is 0 Å². The van der Waals surface area contributed by atoms with Gasteiger partial charge >= 0.3 is 0 Å². The highest BCUT2D eigenvalue weighted by molar-refractivity contribution is 5.76. The van der Waals surface area contributed by atoms with E-state index in [1.54, 1.807) is 0 Å². The quantitative estimate of drug-likeness (QED) is 0.235. The van der Waals surface area contributed by atoms with Crippen LogP contribution in [0, 0.1) is 0 Å². The summed E-state index contributed by atoms with van der Waals surface area (Å²) in [4.78, 5) is 11.2. The monoisotopic (exact) mass is 382 g/mol. The molecular weight excluding hydrogens is 356 g/mol. The molecule has 2 unspecified atom stereocenters. The predicted octanol–water partition coefficient (Wildman–Crippen LogP) is -4.37. The summed E-state index contributed by atoms with van der Waals surface area (Å²) in [6.07, 6.45) is -14.6. The van der Waals surface area contributed by atoms with Gasteiger partial charge in [-0.15, -0.1) is 0 Å². The summed E-state index contributed by atoms with van der Waals surface area (Å²) >= 11 is 0. The lowest BCUT2D eigenvalue weighted by atomic mass is 9.92. The summed E-state index contributed by atoms with van der Waals surface area (Å²) in [5.41, 5.74) is 0. The first-order chi connectivity index (χ1) is 12.2.